The van der Waals surface area contributed by atoms with Crippen LogP contribution in [0.5, 0.6) is 0 Å². The Hall–Kier alpha value is -2.78. The topological polar surface area (TPSA) is 121 Å². The molecule has 0 radical (unpaired) electrons. The number of carbonyl (C=O) groups excluding carboxylic acids is 1. The van der Waals surface area contributed by atoms with Crippen LogP contribution >= 0.6 is 0 Å². The van der Waals surface area contributed by atoms with Gasteiger partial charge in [0.2, 0.25) is 5.69 Å². The van der Waals surface area contributed by atoms with Gasteiger partial charge in [0.1, 0.15) is 18.3 Å². The third kappa shape index (κ3) is 2.73. The molecular formula is C11H15N7O3. The lowest BCUT2D eigenvalue weighted by molar-refractivity contribution is -0.386. The van der Waals surface area contributed by atoms with Gasteiger partial charge >= 0.3 is 5.69 Å². The Bertz CT molecular complexity index is 681. The average molecular weight is 293 g/mol. The van der Waals surface area contributed by atoms with Gasteiger partial charge in [-0.1, -0.05) is 20.8 Å². The average Bonchev–Trinajstić information content (AvgIpc) is 2.94. The van der Waals surface area contributed by atoms with Crippen LogP contribution in [0.4, 0.5) is 5.69 Å². The number of amides is 1. The summed E-state index contributed by atoms with van der Waals surface area (Å²) in [7, 11) is 1.49. The van der Waals surface area contributed by atoms with E-state index in [1.807, 2.05) is 0 Å². The van der Waals surface area contributed by atoms with Crippen molar-refractivity contribution in [2.45, 2.75) is 26.2 Å². The Morgan fingerprint density at radius 3 is 2.38 bits per heavy atom. The molecule has 0 spiro atoms. The fourth-order valence-electron chi connectivity index (χ4n) is 1.87. The first-order valence-corrected chi connectivity index (χ1v) is 6.09. The summed E-state index contributed by atoms with van der Waals surface area (Å²) in [5, 5.41) is 22.5. The lowest BCUT2D eigenvalue weighted by atomic mass is 9.91. The fraction of sp³-hybridized carbons (Fsp3) is 0.455. The standard InChI is InChI=1S/C11H15N7O3/c1-11(2,3)9-7(18(20)21)8(16(4)14-9)10(19)15-17-5-12-13-6-17/h5-6H,1-4H3,(H,15,19). The highest BCUT2D eigenvalue weighted by molar-refractivity contribution is 6.02. The smallest absolute Gasteiger partial charge is 0.265 e. The van der Waals surface area contributed by atoms with Crippen molar-refractivity contribution in [1.29, 1.82) is 0 Å². The monoisotopic (exact) mass is 293 g/mol. The second-order valence-corrected chi connectivity index (χ2v) is 5.49. The number of hydrogen-bond acceptors (Lipinski definition) is 6. The first-order valence-electron chi connectivity index (χ1n) is 6.09. The molecule has 0 saturated heterocycles. The predicted octanol–water partition coefficient (Wildman–Crippen LogP) is 0.601. The van der Waals surface area contributed by atoms with E-state index in [0.717, 1.165) is 0 Å². The quantitative estimate of drug-likeness (QED) is 0.653. The summed E-state index contributed by atoms with van der Waals surface area (Å²) in [5.74, 6) is -0.660. The van der Waals surface area contributed by atoms with Crippen LogP contribution in [0, 0.1) is 10.1 Å². The molecule has 10 heteroatoms. The molecule has 1 N–H and O–H groups in total. The Balaban J connectivity index is 2.50. The molecule has 0 atom stereocenters. The number of nitrogens with one attached hydrogen (secondary N) is 1. The summed E-state index contributed by atoms with van der Waals surface area (Å²) in [5.41, 5.74) is 1.70. The number of carbonyl (C=O) groups is 1. The minimum Gasteiger partial charge on any atom is -0.265 e. The maximum Gasteiger partial charge on any atom is 0.323 e. The number of aryl methyl sites for hydroxylation is 1. The Kier molecular flexibility index (Phi) is 3.45. The minimum atomic E-state index is -0.660. The zero-order chi connectivity index (χ0) is 15.8. The van der Waals surface area contributed by atoms with Crippen LogP contribution in [-0.4, -0.2) is 35.5 Å². The van der Waals surface area contributed by atoms with Crippen molar-refractivity contribution < 1.29 is 9.72 Å². The molecule has 0 aliphatic carbocycles. The number of nitrogens with zero attached hydrogens (tertiary/aromatic N) is 6. The van der Waals surface area contributed by atoms with Crippen molar-refractivity contribution in [3.63, 3.8) is 0 Å². The van der Waals surface area contributed by atoms with Gasteiger partial charge in [0, 0.05) is 12.5 Å². The first kappa shape index (κ1) is 14.6. The molecule has 2 aromatic rings. The second-order valence-electron chi connectivity index (χ2n) is 5.49. The fourth-order valence-corrected chi connectivity index (χ4v) is 1.87. The third-order valence-corrected chi connectivity index (χ3v) is 2.78. The van der Waals surface area contributed by atoms with E-state index >= 15 is 0 Å². The minimum absolute atomic E-state index is 0.126. The molecule has 0 aliphatic rings. The van der Waals surface area contributed by atoms with Crippen LogP contribution in [0.25, 0.3) is 0 Å². The van der Waals surface area contributed by atoms with Crippen LogP contribution in [0.2, 0.25) is 0 Å². The SMILES string of the molecule is Cn1nc(C(C)(C)C)c([N+](=O)[O-])c1C(=O)Nn1cnnc1. The summed E-state index contributed by atoms with van der Waals surface area (Å²) in [6.45, 7) is 5.39. The van der Waals surface area contributed by atoms with Crippen molar-refractivity contribution in [3.05, 3.63) is 34.2 Å². The maximum absolute atomic E-state index is 12.2. The van der Waals surface area contributed by atoms with Gasteiger partial charge in [0.05, 0.1) is 4.92 Å². The van der Waals surface area contributed by atoms with Gasteiger partial charge in [-0.05, 0) is 0 Å². The molecule has 2 aromatic heterocycles. The molecule has 0 saturated carbocycles. The van der Waals surface area contributed by atoms with Crippen LogP contribution in [0.3, 0.4) is 0 Å². The van der Waals surface area contributed by atoms with Crippen molar-refractivity contribution in [2.24, 2.45) is 7.05 Å². The highest BCUT2D eigenvalue weighted by Crippen LogP contribution is 2.32. The van der Waals surface area contributed by atoms with E-state index in [-0.39, 0.29) is 17.1 Å². The van der Waals surface area contributed by atoms with Crippen molar-refractivity contribution >= 4 is 11.6 Å². The predicted molar refractivity (Wildman–Crippen MR) is 72.3 cm³/mol. The first-order chi connectivity index (χ1) is 9.71. The van der Waals surface area contributed by atoms with Crippen LogP contribution in [0.1, 0.15) is 37.0 Å². The van der Waals surface area contributed by atoms with Crippen LogP contribution < -0.4 is 5.43 Å². The molecule has 0 fully saturated rings. The summed E-state index contributed by atoms with van der Waals surface area (Å²) >= 11 is 0. The van der Waals surface area contributed by atoms with E-state index in [4.69, 9.17) is 0 Å². The zero-order valence-electron chi connectivity index (χ0n) is 12.1. The normalized spacial score (nSPS) is 11.4. The van der Waals surface area contributed by atoms with Crippen LogP contribution in [0.15, 0.2) is 12.7 Å². The van der Waals surface area contributed by atoms with E-state index < -0.39 is 16.2 Å². The van der Waals surface area contributed by atoms with Gasteiger partial charge in [-0.15, -0.1) is 10.2 Å². The summed E-state index contributed by atoms with van der Waals surface area (Å²) in [6, 6.07) is 0. The van der Waals surface area contributed by atoms with Crippen molar-refractivity contribution in [2.75, 3.05) is 5.43 Å². The van der Waals surface area contributed by atoms with Gasteiger partial charge in [-0.25, -0.2) is 4.68 Å². The lowest BCUT2D eigenvalue weighted by Gasteiger charge is -2.13. The number of rotatable bonds is 3. The highest BCUT2D eigenvalue weighted by atomic mass is 16.6. The van der Waals surface area contributed by atoms with Gasteiger partial charge in [-0.2, -0.15) is 5.10 Å². The lowest BCUT2D eigenvalue weighted by Crippen LogP contribution is -2.24. The van der Waals surface area contributed by atoms with E-state index in [0.29, 0.717) is 0 Å². The van der Waals surface area contributed by atoms with E-state index in [1.165, 1.54) is 29.1 Å². The molecule has 0 bridgehead atoms. The van der Waals surface area contributed by atoms with Gasteiger partial charge in [-0.3, -0.25) is 25.0 Å². The largest absolute Gasteiger partial charge is 0.323 e. The third-order valence-electron chi connectivity index (χ3n) is 2.78. The molecule has 1 amide bonds. The zero-order valence-corrected chi connectivity index (χ0v) is 12.1. The Labute approximate surface area is 119 Å². The number of nitro groups is 1. The molecule has 2 rings (SSSR count). The Morgan fingerprint density at radius 1 is 1.33 bits per heavy atom. The van der Waals surface area contributed by atoms with Crippen LogP contribution in [-0.2, 0) is 12.5 Å². The number of hydrogen-bond donors (Lipinski definition) is 1. The molecule has 21 heavy (non-hydrogen) atoms. The molecule has 0 aromatic carbocycles. The van der Waals surface area contributed by atoms with E-state index in [1.54, 1.807) is 20.8 Å². The van der Waals surface area contributed by atoms with E-state index in [2.05, 4.69) is 20.7 Å². The molecule has 112 valence electrons. The molecule has 0 aliphatic heterocycles. The molecule has 0 unspecified atom stereocenters. The molecule has 10 nitrogen and oxygen atoms in total. The summed E-state index contributed by atoms with van der Waals surface area (Å²) < 4.78 is 2.41. The molecule has 2 heterocycles. The second kappa shape index (κ2) is 4.96. The van der Waals surface area contributed by atoms with Gasteiger partial charge in [0.25, 0.3) is 5.91 Å². The summed E-state index contributed by atoms with van der Waals surface area (Å²) in [4.78, 5) is 23.0. The van der Waals surface area contributed by atoms with E-state index in [9.17, 15) is 14.9 Å². The molecular weight excluding hydrogens is 278 g/mol. The maximum atomic E-state index is 12.2. The highest BCUT2D eigenvalue weighted by Gasteiger charge is 2.36. The Morgan fingerprint density at radius 2 is 1.90 bits per heavy atom. The van der Waals surface area contributed by atoms with Gasteiger partial charge in [0.15, 0.2) is 0 Å². The van der Waals surface area contributed by atoms with Gasteiger partial charge < -0.3 is 0 Å². The number of aromatic nitrogens is 5. The summed E-state index contributed by atoms with van der Waals surface area (Å²) in [6.07, 6.45) is 2.54. The van der Waals surface area contributed by atoms with Crippen molar-refractivity contribution in [1.82, 2.24) is 24.7 Å². The van der Waals surface area contributed by atoms with Crippen molar-refractivity contribution in [3.8, 4) is 0 Å².